The molecule has 2 aromatic carbocycles. The van der Waals surface area contributed by atoms with E-state index in [1.807, 2.05) is 0 Å². The van der Waals surface area contributed by atoms with Gasteiger partial charge in [-0.15, -0.1) is 0 Å². The fourth-order valence-corrected chi connectivity index (χ4v) is 2.49. The molecule has 0 spiro atoms. The van der Waals surface area contributed by atoms with Crippen molar-refractivity contribution in [3.8, 4) is 11.5 Å². The standard InChI is InChI=1S/C22H23NO7/c1-4-29-22(26)16-8-11-17(12-9-16)23-19(24)14-30-20(25)13-10-15-6-5-7-18(27-2)21(15)28-3/h5-13H,4,14H2,1-3H3,(H,23,24)/b13-10+. The number of hydrogen-bond acceptors (Lipinski definition) is 7. The molecule has 2 rings (SSSR count). The number of rotatable bonds is 9. The van der Waals surface area contributed by atoms with Gasteiger partial charge in [0.2, 0.25) is 0 Å². The minimum atomic E-state index is -0.687. The normalized spacial score (nSPS) is 10.4. The molecule has 8 heteroatoms. The predicted octanol–water partition coefficient (Wildman–Crippen LogP) is 3.08. The van der Waals surface area contributed by atoms with Gasteiger partial charge in [-0.25, -0.2) is 9.59 Å². The first-order valence-electron chi connectivity index (χ1n) is 9.11. The van der Waals surface area contributed by atoms with Crippen molar-refractivity contribution in [1.29, 1.82) is 0 Å². The molecular formula is C22H23NO7. The second-order valence-corrected chi connectivity index (χ2v) is 5.87. The molecule has 0 bridgehead atoms. The summed E-state index contributed by atoms with van der Waals surface area (Å²) in [5.41, 5.74) is 1.46. The maximum Gasteiger partial charge on any atom is 0.338 e. The number of benzene rings is 2. The van der Waals surface area contributed by atoms with Crippen LogP contribution in [0.5, 0.6) is 11.5 Å². The maximum atomic E-state index is 12.0. The van der Waals surface area contributed by atoms with E-state index >= 15 is 0 Å². The Hall–Kier alpha value is -3.81. The lowest BCUT2D eigenvalue weighted by atomic mass is 10.1. The molecule has 0 heterocycles. The van der Waals surface area contributed by atoms with Crippen molar-refractivity contribution in [3.63, 3.8) is 0 Å². The summed E-state index contributed by atoms with van der Waals surface area (Å²) < 4.78 is 20.3. The third-order valence-electron chi connectivity index (χ3n) is 3.86. The topological polar surface area (TPSA) is 100 Å². The van der Waals surface area contributed by atoms with E-state index in [1.165, 1.54) is 38.5 Å². The SMILES string of the molecule is CCOC(=O)c1ccc(NC(=O)COC(=O)/C=C/c2cccc(OC)c2OC)cc1. The van der Waals surface area contributed by atoms with E-state index in [0.717, 1.165) is 0 Å². The highest BCUT2D eigenvalue weighted by Crippen LogP contribution is 2.31. The van der Waals surface area contributed by atoms with Gasteiger partial charge in [-0.05, 0) is 43.3 Å². The molecule has 8 nitrogen and oxygen atoms in total. The Kier molecular flexibility index (Phi) is 8.43. The molecule has 0 saturated heterocycles. The van der Waals surface area contributed by atoms with Crippen LogP contribution < -0.4 is 14.8 Å². The van der Waals surface area contributed by atoms with Crippen LogP contribution in [0.25, 0.3) is 6.08 Å². The Labute approximate surface area is 174 Å². The fourth-order valence-electron chi connectivity index (χ4n) is 2.49. The quantitative estimate of drug-likeness (QED) is 0.498. The smallest absolute Gasteiger partial charge is 0.338 e. The Morgan fingerprint density at radius 3 is 2.33 bits per heavy atom. The lowest BCUT2D eigenvalue weighted by Gasteiger charge is -2.09. The van der Waals surface area contributed by atoms with Gasteiger partial charge in [-0.3, -0.25) is 4.79 Å². The fraction of sp³-hybridized carbons (Fsp3) is 0.227. The van der Waals surface area contributed by atoms with Crippen LogP contribution in [0, 0.1) is 0 Å². The van der Waals surface area contributed by atoms with E-state index < -0.39 is 24.5 Å². The molecule has 1 amide bonds. The van der Waals surface area contributed by atoms with Crippen LogP contribution in [0.15, 0.2) is 48.5 Å². The number of nitrogens with one attached hydrogen (secondary N) is 1. The Morgan fingerprint density at radius 1 is 0.967 bits per heavy atom. The number of amides is 1. The minimum Gasteiger partial charge on any atom is -0.493 e. The highest BCUT2D eigenvalue weighted by atomic mass is 16.5. The van der Waals surface area contributed by atoms with Crippen LogP contribution in [0.4, 0.5) is 5.69 Å². The number of anilines is 1. The van der Waals surface area contributed by atoms with Gasteiger partial charge in [0.15, 0.2) is 18.1 Å². The van der Waals surface area contributed by atoms with Crippen molar-refractivity contribution in [2.75, 3.05) is 32.8 Å². The summed E-state index contributed by atoms with van der Waals surface area (Å²) in [5, 5.41) is 2.57. The Balaban J connectivity index is 1.87. The van der Waals surface area contributed by atoms with Gasteiger partial charge >= 0.3 is 11.9 Å². The zero-order valence-electron chi connectivity index (χ0n) is 17.0. The molecular weight excluding hydrogens is 390 g/mol. The van der Waals surface area contributed by atoms with Gasteiger partial charge < -0.3 is 24.3 Å². The number of hydrogen-bond donors (Lipinski definition) is 1. The molecule has 0 radical (unpaired) electrons. The second kappa shape index (κ2) is 11.3. The first-order valence-corrected chi connectivity index (χ1v) is 9.11. The zero-order chi connectivity index (χ0) is 21.9. The lowest BCUT2D eigenvalue weighted by molar-refractivity contribution is -0.142. The van der Waals surface area contributed by atoms with E-state index in [-0.39, 0.29) is 6.61 Å². The van der Waals surface area contributed by atoms with Crippen molar-refractivity contribution in [2.24, 2.45) is 0 Å². The summed E-state index contributed by atoms with van der Waals surface area (Å²) >= 11 is 0. The molecule has 0 aliphatic heterocycles. The predicted molar refractivity (Wildman–Crippen MR) is 111 cm³/mol. The summed E-state index contributed by atoms with van der Waals surface area (Å²) in [6.45, 7) is 1.54. The summed E-state index contributed by atoms with van der Waals surface area (Å²) in [5.74, 6) is -0.634. The number of carbonyl (C=O) groups is 3. The van der Waals surface area contributed by atoms with Crippen molar-refractivity contribution >= 4 is 29.6 Å². The third kappa shape index (κ3) is 6.37. The molecule has 0 fully saturated rings. The Morgan fingerprint density at radius 2 is 1.70 bits per heavy atom. The van der Waals surface area contributed by atoms with Crippen LogP contribution in [0.3, 0.4) is 0 Å². The molecule has 0 saturated carbocycles. The maximum absolute atomic E-state index is 12.0. The largest absolute Gasteiger partial charge is 0.493 e. The van der Waals surface area contributed by atoms with Crippen LogP contribution in [0.1, 0.15) is 22.8 Å². The molecule has 1 N–H and O–H groups in total. The van der Waals surface area contributed by atoms with E-state index in [2.05, 4.69) is 5.32 Å². The summed E-state index contributed by atoms with van der Waals surface area (Å²) in [6.07, 6.45) is 2.70. The molecule has 0 atom stereocenters. The molecule has 0 aliphatic carbocycles. The van der Waals surface area contributed by atoms with Crippen molar-refractivity contribution < 1.29 is 33.3 Å². The van der Waals surface area contributed by atoms with E-state index in [9.17, 15) is 14.4 Å². The molecule has 0 aliphatic rings. The summed E-state index contributed by atoms with van der Waals surface area (Å²) in [7, 11) is 3.01. The van der Waals surface area contributed by atoms with Crippen molar-refractivity contribution in [1.82, 2.24) is 0 Å². The first-order chi connectivity index (χ1) is 14.5. The first kappa shape index (κ1) is 22.5. The number of ether oxygens (including phenoxy) is 4. The van der Waals surface area contributed by atoms with Crippen LogP contribution in [-0.4, -0.2) is 45.3 Å². The van der Waals surface area contributed by atoms with Crippen molar-refractivity contribution in [3.05, 3.63) is 59.7 Å². The number of esters is 2. The third-order valence-corrected chi connectivity index (χ3v) is 3.86. The van der Waals surface area contributed by atoms with Crippen LogP contribution in [-0.2, 0) is 19.1 Å². The van der Waals surface area contributed by atoms with Crippen molar-refractivity contribution in [2.45, 2.75) is 6.92 Å². The Bertz CT molecular complexity index is 920. The van der Waals surface area contributed by atoms with Crippen LogP contribution in [0.2, 0.25) is 0 Å². The average Bonchev–Trinajstić information content (AvgIpc) is 2.76. The molecule has 158 valence electrons. The second-order valence-electron chi connectivity index (χ2n) is 5.87. The highest BCUT2D eigenvalue weighted by molar-refractivity contribution is 5.95. The van der Waals surface area contributed by atoms with Gasteiger partial charge in [-0.2, -0.15) is 0 Å². The lowest BCUT2D eigenvalue weighted by Crippen LogP contribution is -2.20. The van der Waals surface area contributed by atoms with Gasteiger partial charge in [-0.1, -0.05) is 12.1 Å². The van der Waals surface area contributed by atoms with Gasteiger partial charge in [0, 0.05) is 17.3 Å². The van der Waals surface area contributed by atoms with Gasteiger partial charge in [0.25, 0.3) is 5.91 Å². The molecule has 0 unspecified atom stereocenters. The monoisotopic (exact) mass is 413 g/mol. The average molecular weight is 413 g/mol. The van der Waals surface area contributed by atoms with E-state index in [0.29, 0.717) is 28.3 Å². The molecule has 30 heavy (non-hydrogen) atoms. The highest BCUT2D eigenvalue weighted by Gasteiger charge is 2.10. The summed E-state index contributed by atoms with van der Waals surface area (Å²) in [6, 6.07) is 11.4. The van der Waals surface area contributed by atoms with E-state index in [4.69, 9.17) is 18.9 Å². The molecule has 2 aromatic rings. The van der Waals surface area contributed by atoms with Gasteiger partial charge in [0.05, 0.1) is 26.4 Å². The summed E-state index contributed by atoms with van der Waals surface area (Å²) in [4.78, 5) is 35.5. The van der Waals surface area contributed by atoms with E-state index in [1.54, 1.807) is 37.3 Å². The zero-order valence-corrected chi connectivity index (χ0v) is 17.0. The number of para-hydroxylation sites is 1. The molecule has 0 aromatic heterocycles. The number of methoxy groups -OCH3 is 2. The minimum absolute atomic E-state index is 0.279. The number of carbonyl (C=O) groups excluding carboxylic acids is 3. The van der Waals surface area contributed by atoms with Crippen LogP contribution >= 0.6 is 0 Å². The van der Waals surface area contributed by atoms with Gasteiger partial charge in [0.1, 0.15) is 0 Å².